The number of nitrogens with two attached hydrogens (primary N) is 1. The third kappa shape index (κ3) is 6.01. The summed E-state index contributed by atoms with van der Waals surface area (Å²) in [6.45, 7) is 3.97. The summed E-state index contributed by atoms with van der Waals surface area (Å²) in [4.78, 5) is 0. The van der Waals surface area contributed by atoms with Gasteiger partial charge in [-0.05, 0) is 13.3 Å². The van der Waals surface area contributed by atoms with E-state index in [1.807, 2.05) is 6.92 Å². The van der Waals surface area contributed by atoms with E-state index in [4.69, 9.17) is 24.7 Å². The van der Waals surface area contributed by atoms with Crippen molar-refractivity contribution in [1.82, 2.24) is 0 Å². The summed E-state index contributed by atoms with van der Waals surface area (Å²) in [5.41, 5.74) is 5.53. The van der Waals surface area contributed by atoms with Crippen molar-refractivity contribution >= 4 is 11.8 Å². The molecule has 2 fully saturated rings. The van der Waals surface area contributed by atoms with Gasteiger partial charge in [0, 0.05) is 30.6 Å². The first-order valence-corrected chi connectivity index (χ1v) is 11.2. The fraction of sp³-hybridized carbons (Fsp3) is 1.00. The normalized spacial score (nSPS) is 43.4. The predicted molar refractivity (Wildman–Crippen MR) is 105 cm³/mol. The highest BCUT2D eigenvalue weighted by Crippen LogP contribution is 2.33. The lowest BCUT2D eigenvalue weighted by atomic mass is 9.87. The summed E-state index contributed by atoms with van der Waals surface area (Å²) in [5, 5.41) is 51.5. The highest BCUT2D eigenvalue weighted by Gasteiger charge is 2.50. The lowest BCUT2D eigenvalue weighted by Gasteiger charge is -2.47. The lowest BCUT2D eigenvalue weighted by molar-refractivity contribution is -0.351. The van der Waals surface area contributed by atoms with Crippen LogP contribution in [0.25, 0.3) is 0 Å². The second-order valence-electron chi connectivity index (χ2n) is 7.22. The maximum Gasteiger partial charge on any atom is 0.187 e. The Morgan fingerprint density at radius 2 is 1.59 bits per heavy atom. The van der Waals surface area contributed by atoms with Crippen LogP contribution in [0.3, 0.4) is 0 Å². The Balaban J connectivity index is 2.15. The summed E-state index contributed by atoms with van der Waals surface area (Å²) < 4.78 is 22.6. The lowest BCUT2D eigenvalue weighted by Crippen LogP contribution is -2.63. The van der Waals surface area contributed by atoms with Crippen LogP contribution in [0.4, 0.5) is 0 Å². The van der Waals surface area contributed by atoms with Crippen LogP contribution in [0.5, 0.6) is 0 Å². The van der Waals surface area contributed by atoms with E-state index in [0.29, 0.717) is 24.5 Å². The molecule has 10 atom stereocenters. The first-order chi connectivity index (χ1) is 13.9. The van der Waals surface area contributed by atoms with Crippen molar-refractivity contribution < 1.29 is 44.5 Å². The molecule has 0 bridgehead atoms. The van der Waals surface area contributed by atoms with Gasteiger partial charge in [-0.2, -0.15) is 11.8 Å². The van der Waals surface area contributed by atoms with Crippen molar-refractivity contribution in [2.24, 2.45) is 11.7 Å². The SMILES string of the molecule is CCO[C@@H]1OC(CSCCN)C(O[C@@H]2OC(CO)C(CC)C(O)C2O)C(O)C1O. The molecular formula is C18H35NO9S. The number of hydrogen-bond acceptors (Lipinski definition) is 11. The highest BCUT2D eigenvalue weighted by molar-refractivity contribution is 7.99. The molecule has 2 saturated heterocycles. The largest absolute Gasteiger partial charge is 0.394 e. The van der Waals surface area contributed by atoms with E-state index in [1.54, 1.807) is 6.92 Å². The fourth-order valence-corrected chi connectivity index (χ4v) is 4.56. The van der Waals surface area contributed by atoms with Gasteiger partial charge in [0.05, 0.1) is 24.9 Å². The molecule has 0 aromatic rings. The maximum atomic E-state index is 10.6. The summed E-state index contributed by atoms with van der Waals surface area (Å²) in [7, 11) is 0. The smallest absolute Gasteiger partial charge is 0.187 e. The fourth-order valence-electron chi connectivity index (χ4n) is 3.73. The zero-order valence-electron chi connectivity index (χ0n) is 16.9. The van der Waals surface area contributed by atoms with E-state index in [2.05, 4.69) is 0 Å². The number of hydrogen-bond donors (Lipinski definition) is 6. The molecular weight excluding hydrogens is 406 g/mol. The van der Waals surface area contributed by atoms with Crippen molar-refractivity contribution in [3.05, 3.63) is 0 Å². The van der Waals surface area contributed by atoms with Gasteiger partial charge in [0.2, 0.25) is 0 Å². The average molecular weight is 442 g/mol. The Kier molecular flexibility index (Phi) is 10.5. The number of rotatable bonds is 10. The van der Waals surface area contributed by atoms with Gasteiger partial charge in [-0.3, -0.25) is 0 Å². The zero-order chi connectivity index (χ0) is 21.6. The van der Waals surface area contributed by atoms with Gasteiger partial charge >= 0.3 is 0 Å². The number of aliphatic hydroxyl groups excluding tert-OH is 5. The molecule has 2 heterocycles. The molecule has 0 spiro atoms. The molecule has 10 nitrogen and oxygen atoms in total. The van der Waals surface area contributed by atoms with Crippen LogP contribution in [-0.4, -0.2) is 112 Å². The minimum atomic E-state index is -1.38. The van der Waals surface area contributed by atoms with Crippen molar-refractivity contribution in [2.75, 3.05) is 31.3 Å². The predicted octanol–water partition coefficient (Wildman–Crippen LogP) is -1.99. The van der Waals surface area contributed by atoms with Gasteiger partial charge in [0.1, 0.15) is 24.4 Å². The van der Waals surface area contributed by atoms with Crippen LogP contribution in [0.2, 0.25) is 0 Å². The molecule has 0 aromatic carbocycles. The molecule has 29 heavy (non-hydrogen) atoms. The molecule has 0 aliphatic carbocycles. The Morgan fingerprint density at radius 1 is 0.931 bits per heavy atom. The van der Waals surface area contributed by atoms with Crippen LogP contribution in [0.15, 0.2) is 0 Å². The molecule has 8 unspecified atom stereocenters. The van der Waals surface area contributed by atoms with E-state index in [0.717, 1.165) is 0 Å². The number of ether oxygens (including phenoxy) is 4. The molecule has 2 aliphatic rings. The molecule has 172 valence electrons. The Bertz CT molecular complexity index is 475. The summed E-state index contributed by atoms with van der Waals surface area (Å²) >= 11 is 1.49. The first-order valence-electron chi connectivity index (χ1n) is 10.1. The molecule has 11 heteroatoms. The van der Waals surface area contributed by atoms with Gasteiger partial charge in [0.15, 0.2) is 12.6 Å². The number of thioether (sulfide) groups is 1. The molecule has 0 amide bonds. The third-order valence-corrected chi connectivity index (χ3v) is 6.40. The first kappa shape index (κ1) is 25.2. The second kappa shape index (κ2) is 12.1. The van der Waals surface area contributed by atoms with Crippen LogP contribution in [0.1, 0.15) is 20.3 Å². The topological polar surface area (TPSA) is 164 Å². The van der Waals surface area contributed by atoms with Crippen molar-refractivity contribution in [3.63, 3.8) is 0 Å². The summed E-state index contributed by atoms with van der Waals surface area (Å²) in [6.07, 6.45) is -9.54. The molecule has 2 rings (SSSR count). The van der Waals surface area contributed by atoms with Gasteiger partial charge < -0.3 is 50.2 Å². The molecule has 7 N–H and O–H groups in total. The third-order valence-electron chi connectivity index (χ3n) is 5.31. The van der Waals surface area contributed by atoms with Crippen LogP contribution in [0, 0.1) is 5.92 Å². The van der Waals surface area contributed by atoms with Crippen LogP contribution >= 0.6 is 11.8 Å². The summed E-state index contributed by atoms with van der Waals surface area (Å²) in [5.74, 6) is 0.615. The van der Waals surface area contributed by atoms with E-state index < -0.39 is 61.2 Å². The Hall–Kier alpha value is -0.0500. The Labute approximate surface area is 175 Å². The van der Waals surface area contributed by atoms with E-state index in [9.17, 15) is 25.5 Å². The average Bonchev–Trinajstić information content (AvgIpc) is 2.71. The molecule has 0 saturated carbocycles. The Morgan fingerprint density at radius 3 is 2.17 bits per heavy atom. The van der Waals surface area contributed by atoms with E-state index in [1.165, 1.54) is 11.8 Å². The molecule has 2 aliphatic heterocycles. The van der Waals surface area contributed by atoms with Crippen molar-refractivity contribution in [2.45, 2.75) is 75.6 Å². The van der Waals surface area contributed by atoms with Gasteiger partial charge in [-0.1, -0.05) is 6.92 Å². The number of aliphatic hydroxyl groups is 5. The standard InChI is InChI=1S/C18H35NO9S/c1-3-9-10(7-20)26-18(14(23)12(9)21)28-16-11(8-29-6-5-19)27-17(25-4-2)15(24)13(16)22/h9-18,20-24H,3-8,19H2,1-2H3/t9?,10?,11?,12?,13?,14?,15?,16?,17-,18+/m1/s1. The van der Waals surface area contributed by atoms with Crippen LogP contribution in [-0.2, 0) is 18.9 Å². The van der Waals surface area contributed by atoms with Crippen LogP contribution < -0.4 is 5.73 Å². The van der Waals surface area contributed by atoms with E-state index in [-0.39, 0.29) is 13.2 Å². The quantitative estimate of drug-likeness (QED) is 0.208. The van der Waals surface area contributed by atoms with Crippen molar-refractivity contribution in [3.8, 4) is 0 Å². The minimum Gasteiger partial charge on any atom is -0.394 e. The minimum absolute atomic E-state index is 0.288. The second-order valence-corrected chi connectivity index (χ2v) is 8.37. The van der Waals surface area contributed by atoms with E-state index >= 15 is 0 Å². The molecule has 0 radical (unpaired) electrons. The summed E-state index contributed by atoms with van der Waals surface area (Å²) in [6, 6.07) is 0. The zero-order valence-corrected chi connectivity index (χ0v) is 17.7. The monoisotopic (exact) mass is 441 g/mol. The maximum absolute atomic E-state index is 10.6. The highest BCUT2D eigenvalue weighted by atomic mass is 32.2. The molecule has 0 aromatic heterocycles. The van der Waals surface area contributed by atoms with Crippen molar-refractivity contribution in [1.29, 1.82) is 0 Å². The van der Waals surface area contributed by atoms with Gasteiger partial charge in [-0.25, -0.2) is 0 Å². The van der Waals surface area contributed by atoms with Gasteiger partial charge in [0.25, 0.3) is 0 Å². The van der Waals surface area contributed by atoms with Gasteiger partial charge in [-0.15, -0.1) is 0 Å².